The van der Waals surface area contributed by atoms with Crippen LogP contribution in [0.2, 0.25) is 0 Å². The Balaban J connectivity index is 1.75. The number of fused-ring (bicyclic) bond motifs is 1. The summed E-state index contributed by atoms with van der Waals surface area (Å²) in [6.45, 7) is 1.89. The Bertz CT molecular complexity index is 917. The highest BCUT2D eigenvalue weighted by atomic mass is 32.1. The molecular weight excluding hydrogens is 369 g/mol. The first-order chi connectivity index (χ1) is 12.9. The van der Waals surface area contributed by atoms with Gasteiger partial charge in [0.25, 0.3) is 0 Å². The maximum Gasteiger partial charge on any atom is 0.191 e. The van der Waals surface area contributed by atoms with Crippen LogP contribution in [0.3, 0.4) is 0 Å². The fraction of sp³-hybridized carbons (Fsp3) is 0.263. The van der Waals surface area contributed by atoms with Gasteiger partial charge in [-0.1, -0.05) is 6.92 Å². The summed E-state index contributed by atoms with van der Waals surface area (Å²) in [6, 6.07) is 7.89. The van der Waals surface area contributed by atoms with Gasteiger partial charge in [0.1, 0.15) is 11.6 Å². The molecule has 1 aliphatic carbocycles. The number of hydrazone groups is 1. The first-order valence-corrected chi connectivity index (χ1v) is 8.72. The van der Waals surface area contributed by atoms with E-state index in [0.717, 1.165) is 0 Å². The minimum Gasteiger partial charge on any atom is -0.507 e. The zero-order valence-corrected chi connectivity index (χ0v) is 16.0. The van der Waals surface area contributed by atoms with Crippen molar-refractivity contribution in [3.05, 3.63) is 47.3 Å². The molecule has 0 heterocycles. The number of anilines is 1. The zero-order valence-electron chi connectivity index (χ0n) is 15.2. The highest BCUT2D eigenvalue weighted by Crippen LogP contribution is 2.39. The highest BCUT2D eigenvalue weighted by molar-refractivity contribution is 7.80. The lowest BCUT2D eigenvalue weighted by atomic mass is 10.0. The second-order valence-electron chi connectivity index (χ2n) is 6.15. The summed E-state index contributed by atoms with van der Waals surface area (Å²) < 4.78 is 24.5. The molecule has 0 radical (unpaired) electrons. The molecule has 0 saturated heterocycles. The number of aromatic hydroxyl groups is 1. The number of phenolic OH excluding ortho intramolecular Hbond substituents is 1. The Hall–Kier alpha value is -2.87. The molecule has 8 heteroatoms. The van der Waals surface area contributed by atoms with Gasteiger partial charge in [-0.2, -0.15) is 5.10 Å². The molecule has 0 amide bonds. The van der Waals surface area contributed by atoms with Crippen LogP contribution in [0.25, 0.3) is 0 Å². The summed E-state index contributed by atoms with van der Waals surface area (Å²) in [5.41, 5.74) is 4.92. The number of nitrogens with one attached hydrogen (secondary N) is 2. The average molecular weight is 389 g/mol. The van der Waals surface area contributed by atoms with Crippen LogP contribution in [0.5, 0.6) is 17.2 Å². The van der Waals surface area contributed by atoms with Crippen molar-refractivity contribution in [2.75, 3.05) is 19.5 Å². The molecule has 2 aromatic rings. The van der Waals surface area contributed by atoms with E-state index in [0.29, 0.717) is 40.4 Å². The van der Waals surface area contributed by atoms with E-state index in [-0.39, 0.29) is 22.6 Å². The van der Waals surface area contributed by atoms with Crippen molar-refractivity contribution in [2.45, 2.75) is 19.3 Å². The number of benzene rings is 2. The number of hydrogen-bond donors (Lipinski definition) is 3. The smallest absolute Gasteiger partial charge is 0.191 e. The normalized spacial score (nSPS) is 16.7. The summed E-state index contributed by atoms with van der Waals surface area (Å²) in [7, 11) is 3.11. The zero-order chi connectivity index (χ0) is 19.6. The summed E-state index contributed by atoms with van der Waals surface area (Å²) in [6.07, 6.45) is 0.510. The average Bonchev–Trinajstić information content (AvgIpc) is 3.00. The van der Waals surface area contributed by atoms with Gasteiger partial charge in [-0.25, -0.2) is 4.39 Å². The van der Waals surface area contributed by atoms with E-state index in [1.54, 1.807) is 32.4 Å². The van der Waals surface area contributed by atoms with Crippen LogP contribution < -0.4 is 20.2 Å². The summed E-state index contributed by atoms with van der Waals surface area (Å²) in [5, 5.41) is 17.6. The first-order valence-electron chi connectivity index (χ1n) is 8.32. The molecule has 0 unspecified atom stereocenters. The Morgan fingerprint density at radius 3 is 2.67 bits per heavy atom. The Morgan fingerprint density at radius 2 is 1.96 bits per heavy atom. The van der Waals surface area contributed by atoms with Crippen LogP contribution >= 0.6 is 12.2 Å². The Labute approximate surface area is 162 Å². The molecule has 0 aliphatic heterocycles. The predicted octanol–water partition coefficient (Wildman–Crippen LogP) is 3.75. The van der Waals surface area contributed by atoms with Crippen molar-refractivity contribution in [2.24, 2.45) is 5.10 Å². The molecule has 0 bridgehead atoms. The van der Waals surface area contributed by atoms with Crippen molar-refractivity contribution < 1.29 is 19.0 Å². The highest BCUT2D eigenvalue weighted by Gasteiger charge is 2.30. The third kappa shape index (κ3) is 3.80. The number of halogens is 1. The fourth-order valence-electron chi connectivity index (χ4n) is 3.15. The van der Waals surface area contributed by atoms with Gasteiger partial charge in [0, 0.05) is 22.9 Å². The lowest BCUT2D eigenvalue weighted by Gasteiger charge is -2.12. The van der Waals surface area contributed by atoms with Gasteiger partial charge in [0.15, 0.2) is 16.6 Å². The van der Waals surface area contributed by atoms with Crippen LogP contribution in [0.15, 0.2) is 35.4 Å². The maximum atomic E-state index is 14.1. The molecule has 3 rings (SSSR count). The van der Waals surface area contributed by atoms with Gasteiger partial charge >= 0.3 is 0 Å². The molecule has 27 heavy (non-hydrogen) atoms. The summed E-state index contributed by atoms with van der Waals surface area (Å²) in [5.74, 6) is 0.772. The number of ether oxygens (including phenoxy) is 2. The number of thiocarbonyl (C=S) groups is 1. The van der Waals surface area contributed by atoms with E-state index >= 15 is 0 Å². The third-order valence-corrected chi connectivity index (χ3v) is 4.58. The van der Waals surface area contributed by atoms with Gasteiger partial charge in [-0.3, -0.25) is 5.43 Å². The lowest BCUT2D eigenvalue weighted by Crippen LogP contribution is -2.25. The number of rotatable bonds is 4. The largest absolute Gasteiger partial charge is 0.507 e. The molecule has 6 nitrogen and oxygen atoms in total. The molecule has 0 aromatic heterocycles. The summed E-state index contributed by atoms with van der Waals surface area (Å²) >= 11 is 5.26. The predicted molar refractivity (Wildman–Crippen MR) is 107 cm³/mol. The molecule has 0 fully saturated rings. The van der Waals surface area contributed by atoms with E-state index < -0.39 is 0 Å². The minimum atomic E-state index is -0.341. The second kappa shape index (κ2) is 7.79. The Morgan fingerprint density at radius 1 is 1.22 bits per heavy atom. The quantitative estimate of drug-likeness (QED) is 0.546. The van der Waals surface area contributed by atoms with E-state index in [2.05, 4.69) is 15.8 Å². The third-order valence-electron chi connectivity index (χ3n) is 4.39. The summed E-state index contributed by atoms with van der Waals surface area (Å²) in [4.78, 5) is 0. The van der Waals surface area contributed by atoms with Gasteiger partial charge in [0.05, 0.1) is 19.9 Å². The van der Waals surface area contributed by atoms with Crippen LogP contribution in [0.4, 0.5) is 10.1 Å². The first kappa shape index (κ1) is 18.9. The monoisotopic (exact) mass is 389 g/mol. The number of methoxy groups -OCH3 is 2. The van der Waals surface area contributed by atoms with Crippen molar-refractivity contribution in [1.29, 1.82) is 0 Å². The second-order valence-corrected chi connectivity index (χ2v) is 6.56. The molecule has 1 atom stereocenters. The van der Waals surface area contributed by atoms with E-state index in [1.165, 1.54) is 12.1 Å². The van der Waals surface area contributed by atoms with Crippen LogP contribution in [0.1, 0.15) is 30.4 Å². The molecule has 3 N–H and O–H groups in total. The van der Waals surface area contributed by atoms with Gasteiger partial charge < -0.3 is 19.9 Å². The van der Waals surface area contributed by atoms with E-state index in [9.17, 15) is 9.50 Å². The molecule has 0 spiro atoms. The van der Waals surface area contributed by atoms with Gasteiger partial charge in [-0.05, 0) is 48.8 Å². The van der Waals surface area contributed by atoms with Crippen LogP contribution in [-0.2, 0) is 0 Å². The molecule has 1 aliphatic rings. The van der Waals surface area contributed by atoms with Crippen molar-refractivity contribution in [3.63, 3.8) is 0 Å². The van der Waals surface area contributed by atoms with Gasteiger partial charge in [0.2, 0.25) is 0 Å². The molecule has 142 valence electrons. The maximum absolute atomic E-state index is 14.1. The number of phenols is 1. The SMILES string of the molecule is COc1ccc(NC(=S)N/N=C2\C[C@@H](C)c3c(F)ccc(O)c32)cc1OC. The van der Waals surface area contributed by atoms with Crippen molar-refractivity contribution in [3.8, 4) is 17.2 Å². The van der Waals surface area contributed by atoms with E-state index in [1.807, 2.05) is 6.92 Å². The lowest BCUT2D eigenvalue weighted by molar-refractivity contribution is 0.355. The van der Waals surface area contributed by atoms with Crippen molar-refractivity contribution >= 4 is 28.7 Å². The van der Waals surface area contributed by atoms with Crippen molar-refractivity contribution in [1.82, 2.24) is 5.43 Å². The Kier molecular flexibility index (Phi) is 5.46. The molecular formula is C19H20FN3O3S. The molecule has 2 aromatic carbocycles. The fourth-order valence-corrected chi connectivity index (χ4v) is 3.32. The number of hydrogen-bond acceptors (Lipinski definition) is 5. The standard InChI is InChI=1S/C19H20FN3O3S/c1-10-8-13(18-14(24)6-5-12(20)17(10)18)22-23-19(27)21-11-4-7-15(25-2)16(9-11)26-3/h4-7,9-10,24H,8H2,1-3H3,(H2,21,23,27)/b22-13+/t10-/m1/s1. The van der Waals surface area contributed by atoms with Crippen LogP contribution in [0, 0.1) is 5.82 Å². The number of nitrogens with zero attached hydrogens (tertiary/aromatic N) is 1. The minimum absolute atomic E-state index is 0.00932. The topological polar surface area (TPSA) is 75.1 Å². The van der Waals surface area contributed by atoms with Crippen LogP contribution in [-0.4, -0.2) is 30.2 Å². The molecule has 0 saturated carbocycles. The van der Waals surface area contributed by atoms with Gasteiger partial charge in [-0.15, -0.1) is 0 Å². The van der Waals surface area contributed by atoms with E-state index in [4.69, 9.17) is 21.7 Å².